The highest BCUT2D eigenvalue weighted by Crippen LogP contribution is 2.39. The van der Waals surface area contributed by atoms with Crippen LogP contribution in [0.1, 0.15) is 40.5 Å². The minimum Gasteiger partial charge on any atom is -0.347 e. The number of aromatic nitrogens is 2. The van der Waals surface area contributed by atoms with Gasteiger partial charge in [-0.2, -0.15) is 5.10 Å². The number of amides is 1. The van der Waals surface area contributed by atoms with Gasteiger partial charge >= 0.3 is 0 Å². The molecule has 0 radical (unpaired) electrons. The molecule has 0 saturated heterocycles. The number of benzene rings is 2. The van der Waals surface area contributed by atoms with Gasteiger partial charge in [-0.05, 0) is 48.7 Å². The van der Waals surface area contributed by atoms with Crippen molar-refractivity contribution in [2.45, 2.75) is 25.3 Å². The summed E-state index contributed by atoms with van der Waals surface area (Å²) in [6.45, 7) is 0.429. The van der Waals surface area contributed by atoms with E-state index in [1.807, 2.05) is 60.7 Å². The van der Waals surface area contributed by atoms with E-state index in [1.54, 1.807) is 4.68 Å². The van der Waals surface area contributed by atoms with Crippen molar-refractivity contribution >= 4 is 17.5 Å². The number of hydrogen-bond acceptors (Lipinski definition) is 2. The second-order valence-electron chi connectivity index (χ2n) is 6.29. The zero-order valence-electron chi connectivity index (χ0n) is 13.7. The Bertz CT molecular complexity index is 900. The molecule has 1 aliphatic carbocycles. The minimum absolute atomic E-state index is 0.136. The molecule has 1 fully saturated rings. The van der Waals surface area contributed by atoms with Gasteiger partial charge in [-0.3, -0.25) is 4.79 Å². The Balaban J connectivity index is 1.59. The Morgan fingerprint density at radius 2 is 1.92 bits per heavy atom. The monoisotopic (exact) mass is 351 g/mol. The molecule has 126 valence electrons. The van der Waals surface area contributed by atoms with E-state index in [9.17, 15) is 4.79 Å². The third-order valence-corrected chi connectivity index (χ3v) is 4.53. The van der Waals surface area contributed by atoms with Crippen LogP contribution in [0.2, 0.25) is 5.02 Å². The Hall–Kier alpha value is -2.59. The Morgan fingerprint density at radius 1 is 1.12 bits per heavy atom. The summed E-state index contributed by atoms with van der Waals surface area (Å²) in [5.74, 6) is 0.354. The molecule has 5 heteroatoms. The molecule has 0 unspecified atom stereocenters. The van der Waals surface area contributed by atoms with Gasteiger partial charge in [0.05, 0.1) is 11.4 Å². The van der Waals surface area contributed by atoms with Crippen molar-refractivity contribution in [3.63, 3.8) is 0 Å². The van der Waals surface area contributed by atoms with Gasteiger partial charge in [0.2, 0.25) is 0 Å². The summed E-state index contributed by atoms with van der Waals surface area (Å²) >= 11 is 6.00. The number of nitrogens with one attached hydrogen (secondary N) is 1. The fourth-order valence-electron chi connectivity index (χ4n) is 2.83. The summed E-state index contributed by atoms with van der Waals surface area (Å²) in [5, 5.41) is 8.30. The maximum absolute atomic E-state index is 12.7. The largest absolute Gasteiger partial charge is 0.347 e. The smallest absolute Gasteiger partial charge is 0.270 e. The molecular formula is C20H18ClN3O. The van der Waals surface area contributed by atoms with Gasteiger partial charge in [-0.1, -0.05) is 41.9 Å². The molecular weight excluding hydrogens is 334 g/mol. The van der Waals surface area contributed by atoms with E-state index in [-0.39, 0.29) is 5.91 Å². The van der Waals surface area contributed by atoms with Gasteiger partial charge < -0.3 is 5.32 Å². The summed E-state index contributed by atoms with van der Waals surface area (Å²) < 4.78 is 1.74. The predicted octanol–water partition coefficient (Wildman–Crippen LogP) is 4.33. The van der Waals surface area contributed by atoms with Crippen LogP contribution in [-0.2, 0) is 6.54 Å². The number of rotatable bonds is 5. The minimum atomic E-state index is -0.136. The highest BCUT2D eigenvalue weighted by atomic mass is 35.5. The first-order chi connectivity index (χ1) is 12.2. The predicted molar refractivity (Wildman–Crippen MR) is 98.2 cm³/mol. The molecule has 0 atom stereocenters. The van der Waals surface area contributed by atoms with E-state index in [4.69, 9.17) is 11.6 Å². The van der Waals surface area contributed by atoms with E-state index in [0.29, 0.717) is 23.2 Å². The Kier molecular flexibility index (Phi) is 4.28. The summed E-state index contributed by atoms with van der Waals surface area (Å²) in [5.41, 5.74) is 3.42. The summed E-state index contributed by atoms with van der Waals surface area (Å²) in [7, 11) is 0. The molecule has 2 aromatic carbocycles. The number of para-hydroxylation sites is 1. The van der Waals surface area contributed by atoms with E-state index in [1.165, 1.54) is 0 Å². The molecule has 1 aliphatic rings. The maximum atomic E-state index is 12.7. The molecule has 1 saturated carbocycles. The van der Waals surface area contributed by atoms with Crippen LogP contribution in [0.5, 0.6) is 0 Å². The Morgan fingerprint density at radius 3 is 2.64 bits per heavy atom. The Labute approximate surface area is 151 Å². The van der Waals surface area contributed by atoms with Crippen LogP contribution in [0.4, 0.5) is 0 Å². The molecule has 0 spiro atoms. The summed E-state index contributed by atoms with van der Waals surface area (Å²) in [6.07, 6.45) is 2.30. The van der Waals surface area contributed by atoms with E-state index < -0.39 is 0 Å². The van der Waals surface area contributed by atoms with Crippen molar-refractivity contribution in [2.75, 3.05) is 0 Å². The number of carbonyl (C=O) groups is 1. The number of nitrogens with zero attached hydrogens (tertiary/aromatic N) is 2. The van der Waals surface area contributed by atoms with Crippen molar-refractivity contribution < 1.29 is 4.79 Å². The van der Waals surface area contributed by atoms with Gasteiger partial charge in [0.25, 0.3) is 5.91 Å². The third kappa shape index (κ3) is 3.59. The third-order valence-electron chi connectivity index (χ3n) is 4.30. The fraction of sp³-hybridized carbons (Fsp3) is 0.200. The normalized spacial score (nSPS) is 13.6. The molecule has 1 heterocycles. The van der Waals surface area contributed by atoms with Gasteiger partial charge in [0, 0.05) is 17.5 Å². The van der Waals surface area contributed by atoms with Crippen molar-refractivity contribution in [1.29, 1.82) is 0 Å². The van der Waals surface area contributed by atoms with Crippen molar-refractivity contribution in [3.05, 3.63) is 82.6 Å². The highest BCUT2D eigenvalue weighted by molar-refractivity contribution is 6.30. The van der Waals surface area contributed by atoms with Crippen LogP contribution in [-0.4, -0.2) is 15.7 Å². The average molecular weight is 352 g/mol. The lowest BCUT2D eigenvalue weighted by atomic mass is 10.2. The van der Waals surface area contributed by atoms with Crippen LogP contribution < -0.4 is 5.32 Å². The standard InChI is InChI=1S/C20H18ClN3O/c21-16-6-4-5-14(11-16)13-22-20(25)19-12-18(15-9-10-15)23-24(19)17-7-2-1-3-8-17/h1-8,11-12,15H,9-10,13H2,(H,22,25). The zero-order chi connectivity index (χ0) is 17.2. The van der Waals surface area contributed by atoms with Gasteiger partial charge in [-0.15, -0.1) is 0 Å². The molecule has 4 rings (SSSR count). The van der Waals surface area contributed by atoms with Crippen LogP contribution >= 0.6 is 11.6 Å². The quantitative estimate of drug-likeness (QED) is 0.743. The van der Waals surface area contributed by atoms with Gasteiger partial charge in [-0.25, -0.2) is 4.68 Å². The van der Waals surface area contributed by atoms with Crippen LogP contribution in [0.25, 0.3) is 5.69 Å². The molecule has 25 heavy (non-hydrogen) atoms. The SMILES string of the molecule is O=C(NCc1cccc(Cl)c1)c1cc(C2CC2)nn1-c1ccccc1. The number of halogens is 1. The van der Waals surface area contributed by atoms with Crippen LogP contribution in [0.3, 0.4) is 0 Å². The van der Waals surface area contributed by atoms with Crippen LogP contribution in [0, 0.1) is 0 Å². The first-order valence-electron chi connectivity index (χ1n) is 8.39. The van der Waals surface area contributed by atoms with E-state index in [2.05, 4.69) is 10.4 Å². The lowest BCUT2D eigenvalue weighted by Crippen LogP contribution is -2.25. The van der Waals surface area contributed by atoms with Gasteiger partial charge in [0.1, 0.15) is 5.69 Å². The fourth-order valence-corrected chi connectivity index (χ4v) is 3.04. The van der Waals surface area contributed by atoms with E-state index in [0.717, 1.165) is 29.8 Å². The first-order valence-corrected chi connectivity index (χ1v) is 8.76. The zero-order valence-corrected chi connectivity index (χ0v) is 14.4. The van der Waals surface area contributed by atoms with E-state index >= 15 is 0 Å². The topological polar surface area (TPSA) is 46.9 Å². The lowest BCUT2D eigenvalue weighted by Gasteiger charge is -2.08. The highest BCUT2D eigenvalue weighted by Gasteiger charge is 2.29. The molecule has 1 amide bonds. The molecule has 3 aromatic rings. The molecule has 0 bridgehead atoms. The van der Waals surface area contributed by atoms with Gasteiger partial charge in [0.15, 0.2) is 0 Å². The van der Waals surface area contributed by atoms with Crippen molar-refractivity contribution in [1.82, 2.24) is 15.1 Å². The summed E-state index contributed by atoms with van der Waals surface area (Å²) in [6, 6.07) is 19.2. The van der Waals surface area contributed by atoms with Crippen molar-refractivity contribution in [3.8, 4) is 5.69 Å². The molecule has 1 N–H and O–H groups in total. The number of carbonyl (C=O) groups excluding carboxylic acids is 1. The molecule has 1 aromatic heterocycles. The number of hydrogen-bond donors (Lipinski definition) is 1. The van der Waals surface area contributed by atoms with Crippen LogP contribution in [0.15, 0.2) is 60.7 Å². The lowest BCUT2D eigenvalue weighted by molar-refractivity contribution is 0.0943. The second-order valence-corrected chi connectivity index (χ2v) is 6.73. The first kappa shape index (κ1) is 15.9. The molecule has 0 aliphatic heterocycles. The summed E-state index contributed by atoms with van der Waals surface area (Å²) in [4.78, 5) is 12.7. The second kappa shape index (κ2) is 6.73. The maximum Gasteiger partial charge on any atom is 0.270 e. The molecule has 4 nitrogen and oxygen atoms in total. The van der Waals surface area contributed by atoms with Crippen molar-refractivity contribution in [2.24, 2.45) is 0 Å². The average Bonchev–Trinajstić information content (AvgIpc) is 3.39.